The summed E-state index contributed by atoms with van der Waals surface area (Å²) in [5.41, 5.74) is 2.45. The monoisotopic (exact) mass is 312 g/mol. The Morgan fingerprint density at radius 3 is 2.11 bits per heavy atom. The number of hydrogen-bond donors (Lipinski definition) is 0. The van der Waals surface area contributed by atoms with Gasteiger partial charge in [-0.1, -0.05) is 34.8 Å². The summed E-state index contributed by atoms with van der Waals surface area (Å²) >= 11 is 18.1. The normalized spacial score (nSPS) is 11.2. The van der Waals surface area contributed by atoms with Crippen LogP contribution in [0.2, 0.25) is 15.1 Å². The zero-order valence-corrected chi connectivity index (χ0v) is 12.0. The minimum absolute atomic E-state index is 0.454. The molecular formula is C13H7Cl3N2O. The highest BCUT2D eigenvalue weighted by atomic mass is 35.5. The van der Waals surface area contributed by atoms with Crippen LogP contribution in [-0.4, -0.2) is 17.1 Å². The second kappa shape index (κ2) is 4.67. The molecule has 0 bridgehead atoms. The molecule has 1 aromatic heterocycles. The SMILES string of the molecule is COc1cc(Cl)cc2nc3c(Cl)cc(Cl)cc3nc12. The lowest BCUT2D eigenvalue weighted by Gasteiger charge is -2.07. The smallest absolute Gasteiger partial charge is 0.148 e. The molecule has 0 radical (unpaired) electrons. The van der Waals surface area contributed by atoms with Gasteiger partial charge < -0.3 is 4.74 Å². The zero-order valence-electron chi connectivity index (χ0n) is 9.75. The third kappa shape index (κ3) is 2.18. The zero-order chi connectivity index (χ0) is 13.6. The van der Waals surface area contributed by atoms with Crippen LogP contribution in [0.3, 0.4) is 0 Å². The first-order valence-electron chi connectivity index (χ1n) is 5.38. The summed E-state index contributed by atoms with van der Waals surface area (Å²) in [4.78, 5) is 8.97. The van der Waals surface area contributed by atoms with Gasteiger partial charge in [-0.25, -0.2) is 9.97 Å². The molecule has 0 saturated heterocycles. The molecule has 0 spiro atoms. The van der Waals surface area contributed by atoms with E-state index in [0.717, 1.165) is 0 Å². The maximum atomic E-state index is 6.12. The first kappa shape index (κ1) is 12.7. The van der Waals surface area contributed by atoms with Crippen molar-refractivity contribution in [1.29, 1.82) is 0 Å². The van der Waals surface area contributed by atoms with Crippen LogP contribution in [0.5, 0.6) is 5.75 Å². The molecule has 0 unspecified atom stereocenters. The third-order valence-electron chi connectivity index (χ3n) is 2.71. The second-order valence-electron chi connectivity index (χ2n) is 3.95. The quantitative estimate of drug-likeness (QED) is 0.608. The Bertz CT molecular complexity index is 805. The van der Waals surface area contributed by atoms with Crippen molar-refractivity contribution < 1.29 is 4.74 Å². The van der Waals surface area contributed by atoms with Crippen molar-refractivity contribution in [2.75, 3.05) is 7.11 Å². The van der Waals surface area contributed by atoms with E-state index in [9.17, 15) is 0 Å². The van der Waals surface area contributed by atoms with Crippen LogP contribution in [0, 0.1) is 0 Å². The number of nitrogens with zero attached hydrogens (tertiary/aromatic N) is 2. The minimum Gasteiger partial charge on any atom is -0.494 e. The van der Waals surface area contributed by atoms with E-state index in [4.69, 9.17) is 39.5 Å². The molecule has 0 aliphatic rings. The molecule has 0 amide bonds. The van der Waals surface area contributed by atoms with Gasteiger partial charge in [0.2, 0.25) is 0 Å². The largest absolute Gasteiger partial charge is 0.494 e. The van der Waals surface area contributed by atoms with E-state index >= 15 is 0 Å². The van der Waals surface area contributed by atoms with E-state index in [0.29, 0.717) is 42.9 Å². The van der Waals surface area contributed by atoms with Crippen molar-refractivity contribution in [1.82, 2.24) is 9.97 Å². The fraction of sp³-hybridized carbons (Fsp3) is 0.0769. The van der Waals surface area contributed by atoms with E-state index in [1.807, 2.05) is 0 Å². The molecule has 0 aliphatic heterocycles. The van der Waals surface area contributed by atoms with E-state index in [1.165, 1.54) is 0 Å². The van der Waals surface area contributed by atoms with Crippen molar-refractivity contribution in [3.05, 3.63) is 39.3 Å². The van der Waals surface area contributed by atoms with Gasteiger partial charge in [-0.2, -0.15) is 0 Å². The summed E-state index contributed by atoms with van der Waals surface area (Å²) in [6.07, 6.45) is 0. The number of methoxy groups -OCH3 is 1. The van der Waals surface area contributed by atoms with Crippen LogP contribution < -0.4 is 4.74 Å². The van der Waals surface area contributed by atoms with Gasteiger partial charge in [-0.15, -0.1) is 0 Å². The summed E-state index contributed by atoms with van der Waals surface area (Å²) in [5.74, 6) is 0.563. The van der Waals surface area contributed by atoms with Crippen LogP contribution in [0.4, 0.5) is 0 Å². The first-order chi connectivity index (χ1) is 9.08. The van der Waals surface area contributed by atoms with Gasteiger partial charge in [0.1, 0.15) is 16.8 Å². The molecule has 6 heteroatoms. The lowest BCUT2D eigenvalue weighted by Crippen LogP contribution is -1.92. The number of fused-ring (bicyclic) bond motifs is 2. The van der Waals surface area contributed by atoms with Gasteiger partial charge in [0.15, 0.2) is 0 Å². The van der Waals surface area contributed by atoms with Gasteiger partial charge in [-0.05, 0) is 18.2 Å². The van der Waals surface area contributed by atoms with E-state index in [1.54, 1.807) is 31.4 Å². The fourth-order valence-electron chi connectivity index (χ4n) is 1.90. The predicted molar refractivity (Wildman–Crippen MR) is 78.6 cm³/mol. The molecule has 0 aliphatic carbocycles. The number of rotatable bonds is 1. The number of hydrogen-bond acceptors (Lipinski definition) is 3. The Kier molecular flexibility index (Phi) is 3.13. The molecule has 19 heavy (non-hydrogen) atoms. The van der Waals surface area contributed by atoms with Crippen molar-refractivity contribution in [3.63, 3.8) is 0 Å². The van der Waals surface area contributed by atoms with Crippen molar-refractivity contribution in [2.45, 2.75) is 0 Å². The average Bonchev–Trinajstić information content (AvgIpc) is 2.36. The standard InChI is InChI=1S/C13H7Cl3N2O/c1-19-11-5-7(15)4-10-13(11)18-9-3-6(14)2-8(16)12(9)17-10/h2-5H,1H3. The van der Waals surface area contributed by atoms with Gasteiger partial charge in [0.25, 0.3) is 0 Å². The molecule has 2 aromatic carbocycles. The van der Waals surface area contributed by atoms with Gasteiger partial charge in [0.05, 0.1) is 23.2 Å². The minimum atomic E-state index is 0.454. The van der Waals surface area contributed by atoms with Crippen LogP contribution in [0.25, 0.3) is 22.1 Å². The Hall–Kier alpha value is -1.29. The molecule has 3 rings (SSSR count). The molecule has 0 saturated carbocycles. The van der Waals surface area contributed by atoms with Crippen LogP contribution >= 0.6 is 34.8 Å². The lowest BCUT2D eigenvalue weighted by atomic mass is 10.2. The Morgan fingerprint density at radius 2 is 1.42 bits per heavy atom. The number of aromatic nitrogens is 2. The molecular weight excluding hydrogens is 307 g/mol. The predicted octanol–water partition coefficient (Wildman–Crippen LogP) is 4.75. The van der Waals surface area contributed by atoms with Crippen molar-refractivity contribution >= 4 is 56.9 Å². The number of ether oxygens (including phenoxy) is 1. The van der Waals surface area contributed by atoms with Crippen LogP contribution in [-0.2, 0) is 0 Å². The molecule has 3 aromatic rings. The maximum Gasteiger partial charge on any atom is 0.148 e. The summed E-state index contributed by atoms with van der Waals surface area (Å²) in [6, 6.07) is 6.75. The second-order valence-corrected chi connectivity index (χ2v) is 5.23. The average molecular weight is 314 g/mol. The molecule has 96 valence electrons. The highest BCUT2D eigenvalue weighted by molar-refractivity contribution is 6.38. The number of halogens is 3. The Morgan fingerprint density at radius 1 is 0.842 bits per heavy atom. The third-order valence-corrected chi connectivity index (χ3v) is 3.44. The first-order valence-corrected chi connectivity index (χ1v) is 6.52. The molecule has 0 N–H and O–H groups in total. The molecule has 1 heterocycles. The Balaban J connectivity index is 2.48. The highest BCUT2D eigenvalue weighted by Crippen LogP contribution is 2.32. The maximum absolute atomic E-state index is 6.12. The van der Waals surface area contributed by atoms with E-state index < -0.39 is 0 Å². The van der Waals surface area contributed by atoms with E-state index in [2.05, 4.69) is 9.97 Å². The topological polar surface area (TPSA) is 35.0 Å². The Labute approximate surface area is 124 Å². The summed E-state index contributed by atoms with van der Waals surface area (Å²) in [6.45, 7) is 0. The fourth-order valence-corrected chi connectivity index (χ4v) is 2.63. The van der Waals surface area contributed by atoms with Gasteiger partial charge >= 0.3 is 0 Å². The van der Waals surface area contributed by atoms with Crippen molar-refractivity contribution in [3.8, 4) is 5.75 Å². The molecule has 0 atom stereocenters. The number of benzene rings is 2. The summed E-state index contributed by atoms with van der Waals surface area (Å²) in [5, 5.41) is 1.50. The van der Waals surface area contributed by atoms with E-state index in [-0.39, 0.29) is 0 Å². The highest BCUT2D eigenvalue weighted by Gasteiger charge is 2.11. The summed E-state index contributed by atoms with van der Waals surface area (Å²) < 4.78 is 5.26. The van der Waals surface area contributed by atoms with Gasteiger partial charge in [0, 0.05) is 16.1 Å². The summed E-state index contributed by atoms with van der Waals surface area (Å²) in [7, 11) is 1.56. The van der Waals surface area contributed by atoms with Crippen LogP contribution in [0.15, 0.2) is 24.3 Å². The molecule has 0 fully saturated rings. The van der Waals surface area contributed by atoms with Crippen LogP contribution in [0.1, 0.15) is 0 Å². The molecule has 3 nitrogen and oxygen atoms in total. The lowest BCUT2D eigenvalue weighted by molar-refractivity contribution is 0.419. The van der Waals surface area contributed by atoms with Crippen molar-refractivity contribution in [2.24, 2.45) is 0 Å². The van der Waals surface area contributed by atoms with Gasteiger partial charge in [-0.3, -0.25) is 0 Å².